The first-order valence-corrected chi connectivity index (χ1v) is 35.4. The summed E-state index contributed by atoms with van der Waals surface area (Å²) in [6.07, 6.45) is 113. The third-order valence-corrected chi connectivity index (χ3v) is 14.0. The maximum Gasteiger partial charge on any atom is 0.472 e. The van der Waals surface area contributed by atoms with Crippen molar-refractivity contribution in [3.8, 4) is 0 Å². The van der Waals surface area contributed by atoms with Crippen molar-refractivity contribution in [2.45, 2.75) is 225 Å². The average Bonchev–Trinajstić information content (AvgIpc) is 3.68. The van der Waals surface area contributed by atoms with Crippen molar-refractivity contribution in [2.24, 2.45) is 5.73 Å². The van der Waals surface area contributed by atoms with Gasteiger partial charge >= 0.3 is 19.8 Å². The van der Waals surface area contributed by atoms with E-state index < -0.39 is 32.5 Å². The van der Waals surface area contributed by atoms with E-state index in [0.29, 0.717) is 19.3 Å². The number of allylic oxidation sites excluding steroid dienone is 38. The standard InChI is InChI=1S/C79H120NO8P/c1-3-5-7-9-11-13-15-17-19-21-23-25-27-29-31-33-34-35-36-37-38-39-40-41-42-44-46-48-50-52-54-56-58-60-62-64-66-68-70-72-79(82)88-77(76-87-89(83,84)86-74-73-80)75-85-78(81)71-69-67-65-63-61-59-57-55-53-51-49-47-45-43-32-30-28-26-24-22-20-18-16-14-12-10-8-6-4-2/h5-8,11-14,17-20,23-26,29-32,34-35,37-38,40-41,44-47,50-53,57,59,63,65,77H,3-4,9-10,15-16,21-22,27-28,33,36,39,42-43,48-49,54-56,58,60-62,64,66-76,80H2,1-2H3,(H,83,84)/b7-5-,8-6-,13-11-,14-12-,19-17-,20-18-,25-23-,26-24-,31-29-,32-30-,35-34-,38-37-,41-40-,46-44-,47-45-,52-50-,53-51-,59-57-,65-63-. The molecule has 0 saturated carbocycles. The minimum absolute atomic E-state index is 0.0310. The fraction of sp³-hybridized carbons (Fsp3) is 0.494. The number of esters is 2. The van der Waals surface area contributed by atoms with E-state index in [1.807, 2.05) is 6.08 Å². The molecule has 0 aliphatic rings. The van der Waals surface area contributed by atoms with E-state index in [0.717, 1.165) is 148 Å². The summed E-state index contributed by atoms with van der Waals surface area (Å²) in [6.45, 7) is 3.40. The van der Waals surface area contributed by atoms with Crippen LogP contribution in [0.5, 0.6) is 0 Å². The second kappa shape index (κ2) is 71.1. The number of carbonyl (C=O) groups is 2. The summed E-state index contributed by atoms with van der Waals surface area (Å²) >= 11 is 0. The van der Waals surface area contributed by atoms with E-state index in [4.69, 9.17) is 24.3 Å². The number of nitrogens with two attached hydrogens (primary N) is 1. The van der Waals surface area contributed by atoms with Crippen molar-refractivity contribution < 1.29 is 37.6 Å². The molecule has 0 saturated heterocycles. The summed E-state index contributed by atoms with van der Waals surface area (Å²) in [6, 6.07) is 0. The quantitative estimate of drug-likeness (QED) is 0.0264. The summed E-state index contributed by atoms with van der Waals surface area (Å²) < 4.78 is 33.1. The van der Waals surface area contributed by atoms with Gasteiger partial charge in [0.05, 0.1) is 13.2 Å². The minimum atomic E-state index is -4.43. The average molecular weight is 1240 g/mol. The highest BCUT2D eigenvalue weighted by Gasteiger charge is 2.26. The molecular weight excluding hydrogens is 1120 g/mol. The zero-order valence-corrected chi connectivity index (χ0v) is 56.2. The molecule has 2 atom stereocenters. The van der Waals surface area contributed by atoms with Gasteiger partial charge in [-0.2, -0.15) is 0 Å². The van der Waals surface area contributed by atoms with Crippen LogP contribution in [0.2, 0.25) is 0 Å². The number of hydrogen-bond donors (Lipinski definition) is 2. The van der Waals surface area contributed by atoms with Gasteiger partial charge in [0.25, 0.3) is 0 Å². The molecule has 0 amide bonds. The zero-order chi connectivity index (χ0) is 64.4. The molecule has 0 aromatic carbocycles. The number of rotatable bonds is 60. The molecule has 0 fully saturated rings. The van der Waals surface area contributed by atoms with Gasteiger partial charge < -0.3 is 20.1 Å². The van der Waals surface area contributed by atoms with Crippen LogP contribution in [0.1, 0.15) is 219 Å². The number of hydrogen-bond acceptors (Lipinski definition) is 8. The molecule has 0 aliphatic carbocycles. The third-order valence-electron chi connectivity index (χ3n) is 13.0. The van der Waals surface area contributed by atoms with Gasteiger partial charge in [0.15, 0.2) is 6.10 Å². The monoisotopic (exact) mass is 1240 g/mol. The predicted octanol–water partition coefficient (Wildman–Crippen LogP) is 22.6. The largest absolute Gasteiger partial charge is 0.472 e. The van der Waals surface area contributed by atoms with Crippen LogP contribution in [0, 0.1) is 0 Å². The van der Waals surface area contributed by atoms with Crippen molar-refractivity contribution in [3.05, 3.63) is 231 Å². The summed E-state index contributed by atoms with van der Waals surface area (Å²) in [5, 5.41) is 0. The van der Waals surface area contributed by atoms with Crippen molar-refractivity contribution >= 4 is 19.8 Å². The van der Waals surface area contributed by atoms with Gasteiger partial charge in [0.2, 0.25) is 0 Å². The van der Waals surface area contributed by atoms with Crippen LogP contribution in [0.4, 0.5) is 0 Å². The molecule has 494 valence electrons. The molecule has 0 aromatic heterocycles. The van der Waals surface area contributed by atoms with Gasteiger partial charge in [-0.3, -0.25) is 18.6 Å². The molecule has 0 rings (SSSR count). The van der Waals surface area contributed by atoms with Gasteiger partial charge in [-0.05, 0) is 154 Å². The fourth-order valence-corrected chi connectivity index (χ4v) is 8.90. The summed E-state index contributed by atoms with van der Waals surface area (Å²) in [5.41, 5.74) is 5.39. The van der Waals surface area contributed by atoms with E-state index in [-0.39, 0.29) is 32.6 Å². The molecule has 0 aromatic rings. The van der Waals surface area contributed by atoms with Crippen LogP contribution in [0.25, 0.3) is 0 Å². The molecule has 10 heteroatoms. The number of phosphoric ester groups is 1. The van der Waals surface area contributed by atoms with E-state index in [1.54, 1.807) is 0 Å². The molecule has 2 unspecified atom stereocenters. The summed E-state index contributed by atoms with van der Waals surface area (Å²) in [4.78, 5) is 35.3. The van der Waals surface area contributed by atoms with Gasteiger partial charge in [-0.25, -0.2) is 4.57 Å². The Morgan fingerprint density at radius 1 is 0.337 bits per heavy atom. The molecule has 9 nitrogen and oxygen atoms in total. The van der Waals surface area contributed by atoms with Crippen LogP contribution in [-0.4, -0.2) is 49.3 Å². The summed E-state index contributed by atoms with van der Waals surface area (Å²) in [7, 11) is -4.43. The molecular formula is C79H120NO8P. The van der Waals surface area contributed by atoms with Gasteiger partial charge in [-0.15, -0.1) is 0 Å². The Labute approximate surface area is 543 Å². The fourth-order valence-electron chi connectivity index (χ4n) is 8.13. The molecule has 0 radical (unpaired) electrons. The van der Waals surface area contributed by atoms with E-state index in [9.17, 15) is 19.0 Å². The molecule has 89 heavy (non-hydrogen) atoms. The number of phosphoric acid groups is 1. The minimum Gasteiger partial charge on any atom is -0.462 e. The Bertz CT molecular complexity index is 2310. The van der Waals surface area contributed by atoms with Crippen LogP contribution in [-0.2, 0) is 32.7 Å². The lowest BCUT2D eigenvalue weighted by Gasteiger charge is -2.19. The zero-order valence-electron chi connectivity index (χ0n) is 55.3. The van der Waals surface area contributed by atoms with Crippen molar-refractivity contribution in [3.63, 3.8) is 0 Å². The smallest absolute Gasteiger partial charge is 0.462 e. The molecule has 0 spiro atoms. The highest BCUT2D eigenvalue weighted by Crippen LogP contribution is 2.43. The normalized spacial score (nSPS) is 14.4. The van der Waals surface area contributed by atoms with Gasteiger partial charge in [0, 0.05) is 19.4 Å². The Balaban J connectivity index is 4.11. The highest BCUT2D eigenvalue weighted by atomic mass is 31.2. The molecule has 0 bridgehead atoms. The van der Waals surface area contributed by atoms with Crippen LogP contribution >= 0.6 is 7.82 Å². The SMILES string of the molecule is CC/C=C\C/C=C\C/C=C\C/C=C\C/C=C\C/C=C\C/C=C\C/C=C\C/C=C\C/C=C\CCCCCCCCCCC(=O)OC(COC(=O)CCC/C=C\C/C=C\C/C=C\C/C=C\C/C=C\C/C=C\C/C=C\C/C=C\C/C=C\CC)COP(=O)(O)OCCN. The lowest BCUT2D eigenvalue weighted by molar-refractivity contribution is -0.161. The summed E-state index contributed by atoms with van der Waals surface area (Å²) in [5.74, 6) is -0.928. The molecule has 0 aliphatic heterocycles. The number of carbonyl (C=O) groups excluding carboxylic acids is 2. The van der Waals surface area contributed by atoms with E-state index >= 15 is 0 Å². The maximum atomic E-state index is 12.8. The van der Waals surface area contributed by atoms with Gasteiger partial charge in [0.1, 0.15) is 6.61 Å². The first-order valence-electron chi connectivity index (χ1n) is 33.9. The first-order chi connectivity index (χ1) is 43.8. The maximum absolute atomic E-state index is 12.8. The van der Waals surface area contributed by atoms with E-state index in [1.165, 1.54) is 25.7 Å². The Hall–Kier alpha value is -5.93. The second-order valence-electron chi connectivity index (χ2n) is 21.2. The van der Waals surface area contributed by atoms with Crippen LogP contribution in [0.3, 0.4) is 0 Å². The number of ether oxygens (including phenoxy) is 2. The highest BCUT2D eigenvalue weighted by molar-refractivity contribution is 7.47. The lowest BCUT2D eigenvalue weighted by Crippen LogP contribution is -2.29. The Morgan fingerprint density at radius 2 is 0.596 bits per heavy atom. The van der Waals surface area contributed by atoms with Crippen LogP contribution < -0.4 is 5.73 Å². The first kappa shape index (κ1) is 83.1. The van der Waals surface area contributed by atoms with Gasteiger partial charge in [-0.1, -0.05) is 283 Å². The number of unbranched alkanes of at least 4 members (excludes halogenated alkanes) is 9. The molecule has 3 N–H and O–H groups in total. The topological polar surface area (TPSA) is 134 Å². The van der Waals surface area contributed by atoms with Crippen molar-refractivity contribution in [1.29, 1.82) is 0 Å². The Morgan fingerprint density at radius 3 is 0.899 bits per heavy atom. The van der Waals surface area contributed by atoms with Crippen molar-refractivity contribution in [1.82, 2.24) is 0 Å². The molecule has 0 heterocycles. The lowest BCUT2D eigenvalue weighted by atomic mass is 10.1. The second-order valence-corrected chi connectivity index (χ2v) is 22.7. The van der Waals surface area contributed by atoms with Crippen molar-refractivity contribution in [2.75, 3.05) is 26.4 Å². The van der Waals surface area contributed by atoms with Crippen LogP contribution in [0.15, 0.2) is 231 Å². The third kappa shape index (κ3) is 71.0. The van der Waals surface area contributed by atoms with E-state index in [2.05, 4.69) is 239 Å². The Kier molecular flexibility index (Phi) is 66.4. The predicted molar refractivity (Wildman–Crippen MR) is 384 cm³/mol.